The van der Waals surface area contributed by atoms with Crippen molar-refractivity contribution in [3.63, 3.8) is 0 Å². The zero-order valence-electron chi connectivity index (χ0n) is 13.4. The summed E-state index contributed by atoms with van der Waals surface area (Å²) < 4.78 is 5.25. The van der Waals surface area contributed by atoms with Gasteiger partial charge < -0.3 is 15.2 Å². The molecule has 0 saturated carbocycles. The normalized spacial score (nSPS) is 12.2. The number of nitrogens with one attached hydrogen (secondary N) is 1. The molecule has 0 aliphatic carbocycles. The minimum atomic E-state index is -0.0445. The van der Waals surface area contributed by atoms with Gasteiger partial charge in [0.1, 0.15) is 5.75 Å². The van der Waals surface area contributed by atoms with Crippen molar-refractivity contribution >= 4 is 5.69 Å². The summed E-state index contributed by atoms with van der Waals surface area (Å²) in [5, 5.41) is 13.0. The first-order valence-corrected chi connectivity index (χ1v) is 7.59. The van der Waals surface area contributed by atoms with Gasteiger partial charge in [0.25, 0.3) is 0 Å². The summed E-state index contributed by atoms with van der Waals surface area (Å²) in [7, 11) is 1.61. The van der Waals surface area contributed by atoms with Gasteiger partial charge in [-0.25, -0.2) is 0 Å². The molecule has 0 radical (unpaired) electrons. The van der Waals surface area contributed by atoms with Gasteiger partial charge in [0, 0.05) is 17.4 Å². The van der Waals surface area contributed by atoms with Gasteiger partial charge in [0.05, 0.1) is 25.5 Å². The topological polar surface area (TPSA) is 54.4 Å². The van der Waals surface area contributed by atoms with Crippen molar-refractivity contribution < 1.29 is 9.84 Å². The molecule has 22 heavy (non-hydrogen) atoms. The van der Waals surface area contributed by atoms with Crippen molar-refractivity contribution in [2.45, 2.75) is 32.9 Å². The number of rotatable bonds is 7. The lowest BCUT2D eigenvalue weighted by Crippen LogP contribution is -2.15. The highest BCUT2D eigenvalue weighted by molar-refractivity contribution is 5.52. The first-order valence-electron chi connectivity index (χ1n) is 7.59. The van der Waals surface area contributed by atoms with Crippen LogP contribution in [0.25, 0.3) is 0 Å². The number of benzene rings is 1. The average Bonchev–Trinajstić information content (AvgIpc) is 2.54. The fourth-order valence-electron chi connectivity index (χ4n) is 2.50. The number of aliphatic hydroxyl groups excluding tert-OH is 1. The second-order valence-electron chi connectivity index (χ2n) is 5.77. The minimum absolute atomic E-state index is 0.0445. The number of methoxy groups -OCH3 is 1. The molecular weight excluding hydrogens is 276 g/mol. The van der Waals surface area contributed by atoms with Gasteiger partial charge in [-0.15, -0.1) is 0 Å². The standard InChI is InChI=1S/C18H24N2O2/c1-13(2)10-17(16-6-4-5-9-19-16)20-15-7-8-18(22-3)14(11-15)12-21/h4-9,11,13,17,20-21H,10,12H2,1-3H3. The summed E-state index contributed by atoms with van der Waals surface area (Å²) in [6, 6.07) is 11.9. The van der Waals surface area contributed by atoms with Crippen LogP contribution in [0.4, 0.5) is 5.69 Å². The highest BCUT2D eigenvalue weighted by Gasteiger charge is 2.15. The Morgan fingerprint density at radius 3 is 2.64 bits per heavy atom. The Morgan fingerprint density at radius 2 is 2.05 bits per heavy atom. The van der Waals surface area contributed by atoms with Crippen molar-refractivity contribution in [2.24, 2.45) is 5.92 Å². The third kappa shape index (κ3) is 4.21. The molecule has 0 fully saturated rings. The van der Waals surface area contributed by atoms with Crippen molar-refractivity contribution in [1.29, 1.82) is 0 Å². The molecule has 2 aromatic rings. The van der Waals surface area contributed by atoms with Gasteiger partial charge in [-0.2, -0.15) is 0 Å². The number of hydrogen-bond donors (Lipinski definition) is 2. The molecular formula is C18H24N2O2. The molecule has 2 rings (SSSR count). The van der Waals surface area contributed by atoms with Gasteiger partial charge in [0.15, 0.2) is 0 Å². The Hall–Kier alpha value is -2.07. The molecule has 1 heterocycles. The van der Waals surface area contributed by atoms with E-state index in [1.807, 2.05) is 42.6 Å². The zero-order valence-corrected chi connectivity index (χ0v) is 13.4. The predicted octanol–water partition coefficient (Wildman–Crippen LogP) is 3.78. The summed E-state index contributed by atoms with van der Waals surface area (Å²) in [5.74, 6) is 1.25. The largest absolute Gasteiger partial charge is 0.496 e. The highest BCUT2D eigenvalue weighted by atomic mass is 16.5. The van der Waals surface area contributed by atoms with Crippen LogP contribution in [0.1, 0.15) is 37.6 Å². The van der Waals surface area contributed by atoms with E-state index < -0.39 is 0 Å². The molecule has 4 nitrogen and oxygen atoms in total. The van der Waals surface area contributed by atoms with Crippen molar-refractivity contribution in [1.82, 2.24) is 4.98 Å². The fraction of sp³-hybridized carbons (Fsp3) is 0.389. The van der Waals surface area contributed by atoms with E-state index in [1.165, 1.54) is 0 Å². The summed E-state index contributed by atoms with van der Waals surface area (Å²) in [4.78, 5) is 4.47. The summed E-state index contributed by atoms with van der Waals surface area (Å²) in [6.45, 7) is 4.35. The van der Waals surface area contributed by atoms with Crippen molar-refractivity contribution in [3.8, 4) is 5.75 Å². The number of hydrogen-bond acceptors (Lipinski definition) is 4. The maximum Gasteiger partial charge on any atom is 0.124 e. The molecule has 1 aromatic carbocycles. The highest BCUT2D eigenvalue weighted by Crippen LogP contribution is 2.28. The van der Waals surface area contributed by atoms with Crippen LogP contribution in [0.5, 0.6) is 5.75 Å². The Labute approximate surface area is 132 Å². The van der Waals surface area contributed by atoms with Crippen LogP contribution >= 0.6 is 0 Å². The lowest BCUT2D eigenvalue weighted by molar-refractivity contribution is 0.274. The minimum Gasteiger partial charge on any atom is -0.496 e. The van der Waals surface area contributed by atoms with Crippen molar-refractivity contribution in [2.75, 3.05) is 12.4 Å². The Kier molecular flexibility index (Phi) is 5.78. The molecule has 0 spiro atoms. The second-order valence-corrected chi connectivity index (χ2v) is 5.77. The number of ether oxygens (including phenoxy) is 1. The van der Waals surface area contributed by atoms with Crippen LogP contribution < -0.4 is 10.1 Å². The Morgan fingerprint density at radius 1 is 1.23 bits per heavy atom. The van der Waals surface area contributed by atoms with Crippen LogP contribution in [-0.2, 0) is 6.61 Å². The van der Waals surface area contributed by atoms with E-state index in [0.29, 0.717) is 11.7 Å². The van der Waals surface area contributed by atoms with E-state index >= 15 is 0 Å². The summed E-state index contributed by atoms with van der Waals surface area (Å²) in [6.07, 6.45) is 2.80. The Bertz CT molecular complexity index is 585. The zero-order chi connectivity index (χ0) is 15.9. The number of aromatic nitrogens is 1. The van der Waals surface area contributed by atoms with E-state index in [2.05, 4.69) is 24.1 Å². The third-order valence-electron chi connectivity index (χ3n) is 3.54. The lowest BCUT2D eigenvalue weighted by Gasteiger charge is -2.22. The molecule has 1 unspecified atom stereocenters. The second kappa shape index (κ2) is 7.80. The molecule has 1 atom stereocenters. The number of pyridine rings is 1. The predicted molar refractivity (Wildman–Crippen MR) is 89.0 cm³/mol. The Balaban J connectivity index is 2.23. The van der Waals surface area contributed by atoms with Gasteiger partial charge in [-0.1, -0.05) is 19.9 Å². The van der Waals surface area contributed by atoms with E-state index in [9.17, 15) is 5.11 Å². The molecule has 118 valence electrons. The van der Waals surface area contributed by atoms with E-state index in [1.54, 1.807) is 7.11 Å². The number of anilines is 1. The van der Waals surface area contributed by atoms with E-state index in [0.717, 1.165) is 23.4 Å². The van der Waals surface area contributed by atoms with Crippen molar-refractivity contribution in [3.05, 3.63) is 53.9 Å². The van der Waals surface area contributed by atoms with Crippen LogP contribution in [0.3, 0.4) is 0 Å². The van der Waals surface area contributed by atoms with Crippen LogP contribution in [0, 0.1) is 5.92 Å². The molecule has 2 N–H and O–H groups in total. The summed E-state index contributed by atoms with van der Waals surface area (Å²) >= 11 is 0. The molecule has 0 saturated heterocycles. The molecule has 0 aliphatic heterocycles. The third-order valence-corrected chi connectivity index (χ3v) is 3.54. The van der Waals surface area contributed by atoms with Gasteiger partial charge in [-0.05, 0) is 42.7 Å². The van der Waals surface area contributed by atoms with Gasteiger partial charge in [-0.3, -0.25) is 4.98 Å². The van der Waals surface area contributed by atoms with Crippen LogP contribution in [-0.4, -0.2) is 17.2 Å². The monoisotopic (exact) mass is 300 g/mol. The summed E-state index contributed by atoms with van der Waals surface area (Å²) in [5.41, 5.74) is 2.76. The SMILES string of the molecule is COc1ccc(NC(CC(C)C)c2ccccn2)cc1CO. The molecule has 1 aromatic heterocycles. The van der Waals surface area contributed by atoms with E-state index in [4.69, 9.17) is 4.74 Å². The lowest BCUT2D eigenvalue weighted by atomic mass is 10.00. The van der Waals surface area contributed by atoms with Crippen LogP contribution in [0.15, 0.2) is 42.6 Å². The molecule has 0 amide bonds. The maximum atomic E-state index is 9.45. The smallest absolute Gasteiger partial charge is 0.124 e. The molecule has 0 bridgehead atoms. The first kappa shape index (κ1) is 16.3. The van der Waals surface area contributed by atoms with Crippen LogP contribution in [0.2, 0.25) is 0 Å². The maximum absolute atomic E-state index is 9.45. The van der Waals surface area contributed by atoms with E-state index in [-0.39, 0.29) is 12.6 Å². The van der Waals surface area contributed by atoms with Gasteiger partial charge >= 0.3 is 0 Å². The van der Waals surface area contributed by atoms with Gasteiger partial charge in [0.2, 0.25) is 0 Å². The molecule has 0 aliphatic rings. The first-order chi connectivity index (χ1) is 10.6. The molecule has 4 heteroatoms. The number of nitrogens with zero attached hydrogens (tertiary/aromatic N) is 1. The number of aliphatic hydroxyl groups is 1. The fourth-order valence-corrected chi connectivity index (χ4v) is 2.50. The quantitative estimate of drug-likeness (QED) is 0.817. The average molecular weight is 300 g/mol.